The van der Waals surface area contributed by atoms with Gasteiger partial charge >= 0.3 is 0 Å². The first kappa shape index (κ1) is 21.7. The van der Waals surface area contributed by atoms with Crippen LogP contribution in [0, 0.1) is 12.8 Å². The summed E-state index contributed by atoms with van der Waals surface area (Å²) in [6, 6.07) is 21.6. The van der Waals surface area contributed by atoms with Crippen LogP contribution >= 0.6 is 15.9 Å². The summed E-state index contributed by atoms with van der Waals surface area (Å²) in [7, 11) is 0. The van der Waals surface area contributed by atoms with Gasteiger partial charge in [0.15, 0.2) is 0 Å². The molecule has 0 radical (unpaired) electrons. The Balaban J connectivity index is 1.32. The molecule has 3 aromatic rings. The van der Waals surface area contributed by atoms with Gasteiger partial charge in [-0.3, -0.25) is 4.99 Å². The number of aliphatic imine (C=N–C) groups is 1. The summed E-state index contributed by atoms with van der Waals surface area (Å²) >= 11 is 3.56. The molecular formula is C29H27BrN2O. The average Bonchev–Trinajstić information content (AvgIpc) is 3.33. The fraction of sp³-hybridized carbons (Fsp3) is 0.207. The molecule has 2 aliphatic rings. The average molecular weight is 499 g/mol. The summed E-state index contributed by atoms with van der Waals surface area (Å²) in [5.41, 5.74) is 7.27. The molecule has 0 bridgehead atoms. The van der Waals surface area contributed by atoms with Gasteiger partial charge in [-0.15, -0.1) is 0 Å². The Morgan fingerprint density at radius 2 is 1.97 bits per heavy atom. The molecule has 5 rings (SSSR count). The highest BCUT2D eigenvalue weighted by Gasteiger charge is 2.37. The van der Waals surface area contributed by atoms with Crippen LogP contribution < -0.4 is 10.1 Å². The maximum absolute atomic E-state index is 5.61. The first-order valence-corrected chi connectivity index (χ1v) is 12.1. The lowest BCUT2D eigenvalue weighted by Crippen LogP contribution is -2.29. The fourth-order valence-corrected chi connectivity index (χ4v) is 5.33. The quantitative estimate of drug-likeness (QED) is 0.276. The Morgan fingerprint density at radius 1 is 1.12 bits per heavy atom. The number of rotatable bonds is 6. The zero-order chi connectivity index (χ0) is 22.8. The number of nitrogens with one attached hydrogen (secondary N) is 1. The number of halogens is 1. The van der Waals surface area contributed by atoms with Crippen LogP contribution in [-0.4, -0.2) is 12.8 Å². The summed E-state index contributed by atoms with van der Waals surface area (Å²) < 4.78 is 6.52. The van der Waals surface area contributed by atoms with Crippen LogP contribution in [-0.2, 0) is 0 Å². The number of fused-ring (bicyclic) bond motifs is 3. The zero-order valence-electron chi connectivity index (χ0n) is 18.7. The fourth-order valence-electron chi connectivity index (χ4n) is 4.82. The molecule has 3 nitrogen and oxygen atoms in total. The van der Waals surface area contributed by atoms with Crippen LogP contribution in [0.5, 0.6) is 5.75 Å². The first-order chi connectivity index (χ1) is 16.1. The van der Waals surface area contributed by atoms with E-state index in [1.807, 2.05) is 24.4 Å². The Hall–Kier alpha value is -3.11. The van der Waals surface area contributed by atoms with Crippen LogP contribution in [0.2, 0.25) is 0 Å². The molecule has 4 heteroatoms. The molecule has 0 spiro atoms. The van der Waals surface area contributed by atoms with Gasteiger partial charge in [0.05, 0.1) is 16.2 Å². The van der Waals surface area contributed by atoms with E-state index in [9.17, 15) is 0 Å². The molecule has 1 aliphatic carbocycles. The lowest BCUT2D eigenvalue weighted by molar-refractivity contribution is 0.361. The topological polar surface area (TPSA) is 33.6 Å². The normalized spacial score (nSPS) is 20.8. The minimum Gasteiger partial charge on any atom is -0.488 e. The van der Waals surface area contributed by atoms with Crippen molar-refractivity contribution in [1.82, 2.24) is 0 Å². The number of nitrogens with zero attached hydrogens (tertiary/aromatic N) is 1. The van der Waals surface area contributed by atoms with Crippen molar-refractivity contribution in [3.8, 4) is 5.75 Å². The second-order valence-corrected chi connectivity index (χ2v) is 9.56. The highest BCUT2D eigenvalue weighted by molar-refractivity contribution is 9.10. The lowest BCUT2D eigenvalue weighted by Gasteiger charge is -2.37. The van der Waals surface area contributed by atoms with Gasteiger partial charge in [-0.25, -0.2) is 0 Å². The standard InChI is InChI=1S/C29H27BrN2O/c1-3-15-33-28-14-8-20(17-26(28)30)18-31-22-11-9-21(10-12-22)29-24-6-4-5-23(24)25-16-19(2)7-13-27(25)32-29/h3-5,7-14,16-18,23-24,29,32H,1,6,15H2,2H3/t23-,24+,29+/m1/s1. The number of hydrogen-bond acceptors (Lipinski definition) is 3. The predicted octanol–water partition coefficient (Wildman–Crippen LogP) is 7.90. The second-order valence-electron chi connectivity index (χ2n) is 8.71. The molecule has 0 amide bonds. The summed E-state index contributed by atoms with van der Waals surface area (Å²) in [5.74, 6) is 1.83. The number of hydrogen-bond donors (Lipinski definition) is 1. The van der Waals surface area contributed by atoms with Gasteiger partial charge in [0.25, 0.3) is 0 Å². The molecule has 0 saturated heterocycles. The zero-order valence-corrected chi connectivity index (χ0v) is 20.3. The maximum atomic E-state index is 5.61. The summed E-state index contributed by atoms with van der Waals surface area (Å²) in [6.45, 7) is 6.34. The van der Waals surface area contributed by atoms with Gasteiger partial charge in [-0.2, -0.15) is 0 Å². The van der Waals surface area contributed by atoms with E-state index in [2.05, 4.69) is 94.4 Å². The molecule has 0 fully saturated rings. The molecule has 0 unspecified atom stereocenters. The number of allylic oxidation sites excluding steroid dienone is 2. The minimum absolute atomic E-state index is 0.303. The van der Waals surface area contributed by atoms with Crippen LogP contribution in [0.3, 0.4) is 0 Å². The van der Waals surface area contributed by atoms with E-state index in [0.29, 0.717) is 24.5 Å². The van der Waals surface area contributed by atoms with E-state index in [4.69, 9.17) is 4.74 Å². The Kier molecular flexibility index (Phi) is 6.19. The van der Waals surface area contributed by atoms with Crippen LogP contribution in [0.1, 0.15) is 40.6 Å². The first-order valence-electron chi connectivity index (χ1n) is 11.3. The molecular weight excluding hydrogens is 472 g/mol. The van der Waals surface area contributed by atoms with Crippen molar-refractivity contribution in [3.63, 3.8) is 0 Å². The third kappa shape index (κ3) is 4.53. The molecule has 0 aromatic heterocycles. The van der Waals surface area contributed by atoms with Gasteiger partial charge in [0, 0.05) is 17.8 Å². The Bertz CT molecular complexity index is 1230. The molecule has 0 saturated carbocycles. The van der Waals surface area contributed by atoms with Gasteiger partial charge in [0.1, 0.15) is 12.4 Å². The third-order valence-electron chi connectivity index (χ3n) is 6.45. The van der Waals surface area contributed by atoms with E-state index < -0.39 is 0 Å². The Labute approximate surface area is 204 Å². The summed E-state index contributed by atoms with van der Waals surface area (Å²) in [6.07, 6.45) is 9.45. The van der Waals surface area contributed by atoms with Crippen molar-refractivity contribution in [3.05, 3.63) is 112 Å². The van der Waals surface area contributed by atoms with E-state index in [1.54, 1.807) is 6.08 Å². The summed E-state index contributed by atoms with van der Waals surface area (Å²) in [4.78, 5) is 4.67. The van der Waals surface area contributed by atoms with Crippen molar-refractivity contribution >= 4 is 33.5 Å². The minimum atomic E-state index is 0.303. The van der Waals surface area contributed by atoms with Crippen LogP contribution in [0.25, 0.3) is 0 Å². The molecule has 3 aromatic carbocycles. The molecule has 1 heterocycles. The molecule has 166 valence electrons. The highest BCUT2D eigenvalue weighted by Crippen LogP contribution is 2.50. The van der Waals surface area contributed by atoms with Crippen molar-refractivity contribution in [2.45, 2.75) is 25.3 Å². The van der Waals surface area contributed by atoms with Gasteiger partial charge in [0.2, 0.25) is 0 Å². The third-order valence-corrected chi connectivity index (χ3v) is 7.07. The smallest absolute Gasteiger partial charge is 0.133 e. The highest BCUT2D eigenvalue weighted by atomic mass is 79.9. The van der Waals surface area contributed by atoms with Crippen molar-refractivity contribution in [1.29, 1.82) is 0 Å². The van der Waals surface area contributed by atoms with E-state index in [1.165, 1.54) is 22.4 Å². The SMILES string of the molecule is C=CCOc1ccc(C=Nc2ccc([C@@H]3Nc4ccc(C)cc4[C@@H]4C=CC[C@@H]43)cc2)cc1Br. The van der Waals surface area contributed by atoms with E-state index in [-0.39, 0.29) is 0 Å². The molecule has 1 N–H and O–H groups in total. The van der Waals surface area contributed by atoms with Crippen molar-refractivity contribution in [2.75, 3.05) is 11.9 Å². The number of benzene rings is 3. The number of aryl methyl sites for hydroxylation is 1. The van der Waals surface area contributed by atoms with Crippen LogP contribution in [0.4, 0.5) is 11.4 Å². The Morgan fingerprint density at radius 3 is 2.76 bits per heavy atom. The largest absolute Gasteiger partial charge is 0.488 e. The summed E-state index contributed by atoms with van der Waals surface area (Å²) in [5, 5.41) is 3.81. The van der Waals surface area contributed by atoms with E-state index in [0.717, 1.165) is 27.9 Å². The number of ether oxygens (including phenoxy) is 1. The van der Waals surface area contributed by atoms with Gasteiger partial charge in [-0.1, -0.05) is 54.6 Å². The predicted molar refractivity (Wildman–Crippen MR) is 141 cm³/mol. The monoisotopic (exact) mass is 498 g/mol. The van der Waals surface area contributed by atoms with Gasteiger partial charge in [-0.05, 0) is 88.3 Å². The second kappa shape index (κ2) is 9.40. The van der Waals surface area contributed by atoms with E-state index >= 15 is 0 Å². The maximum Gasteiger partial charge on any atom is 0.133 e. The van der Waals surface area contributed by atoms with Crippen molar-refractivity contribution in [2.24, 2.45) is 10.9 Å². The molecule has 1 aliphatic heterocycles. The molecule has 33 heavy (non-hydrogen) atoms. The van der Waals surface area contributed by atoms with Crippen LogP contribution in [0.15, 0.2) is 94.9 Å². The van der Waals surface area contributed by atoms with Crippen molar-refractivity contribution < 1.29 is 4.74 Å². The lowest BCUT2D eigenvalue weighted by atomic mass is 9.76. The van der Waals surface area contributed by atoms with Gasteiger partial charge < -0.3 is 10.1 Å². The molecule has 3 atom stereocenters. The number of anilines is 1.